The lowest BCUT2D eigenvalue weighted by Crippen LogP contribution is -2.30. The smallest absolute Gasteiger partial charge is 0.343 e. The number of benzene rings is 1. The predicted molar refractivity (Wildman–Crippen MR) is 83.9 cm³/mol. The molecule has 3 rings (SSSR count). The maximum absolute atomic E-state index is 11.4. The lowest BCUT2D eigenvalue weighted by molar-refractivity contribution is 0.238. The van der Waals surface area contributed by atoms with Gasteiger partial charge in [0.2, 0.25) is 0 Å². The summed E-state index contributed by atoms with van der Waals surface area (Å²) in [7, 11) is 1.66. The third-order valence-electron chi connectivity index (χ3n) is 3.93. The first-order valence-corrected chi connectivity index (χ1v) is 7.75. The SMILES string of the molecule is CCCOc1ccc2c(c1)CCN(Cc1nn(C)c(=O)[nH]1)C2. The first-order chi connectivity index (χ1) is 10.7. The van der Waals surface area contributed by atoms with Crippen LogP contribution in [0.4, 0.5) is 0 Å². The molecular formula is C16H22N4O2. The van der Waals surface area contributed by atoms with E-state index in [1.807, 2.05) is 6.07 Å². The molecule has 0 aliphatic carbocycles. The molecule has 0 fully saturated rings. The lowest BCUT2D eigenvalue weighted by atomic mass is 9.99. The second kappa shape index (κ2) is 6.36. The van der Waals surface area contributed by atoms with Crippen LogP contribution in [0.5, 0.6) is 5.75 Å². The van der Waals surface area contributed by atoms with Crippen molar-refractivity contribution < 1.29 is 4.74 Å². The summed E-state index contributed by atoms with van der Waals surface area (Å²) in [5.41, 5.74) is 2.53. The van der Waals surface area contributed by atoms with Gasteiger partial charge in [-0.15, -0.1) is 0 Å². The largest absolute Gasteiger partial charge is 0.494 e. The number of aryl methyl sites for hydroxylation is 1. The molecule has 0 radical (unpaired) electrons. The summed E-state index contributed by atoms with van der Waals surface area (Å²) in [6, 6.07) is 6.35. The third kappa shape index (κ3) is 3.22. The van der Waals surface area contributed by atoms with Crippen molar-refractivity contribution in [3.63, 3.8) is 0 Å². The van der Waals surface area contributed by atoms with E-state index < -0.39 is 0 Å². The minimum Gasteiger partial charge on any atom is -0.494 e. The van der Waals surface area contributed by atoms with Crippen molar-refractivity contribution in [2.45, 2.75) is 32.9 Å². The van der Waals surface area contributed by atoms with E-state index in [4.69, 9.17) is 4.74 Å². The molecule has 2 aromatic rings. The van der Waals surface area contributed by atoms with Crippen LogP contribution in [-0.4, -0.2) is 32.8 Å². The Bertz CT molecular complexity index is 704. The van der Waals surface area contributed by atoms with E-state index in [9.17, 15) is 4.79 Å². The van der Waals surface area contributed by atoms with Crippen LogP contribution in [-0.2, 0) is 26.6 Å². The summed E-state index contributed by atoms with van der Waals surface area (Å²) in [6.45, 7) is 5.38. The summed E-state index contributed by atoms with van der Waals surface area (Å²) in [5.74, 6) is 1.68. The van der Waals surface area contributed by atoms with E-state index in [0.29, 0.717) is 6.54 Å². The second-order valence-corrected chi connectivity index (χ2v) is 5.74. The average Bonchev–Trinajstić information content (AvgIpc) is 2.83. The molecule has 0 amide bonds. The Kier molecular flexibility index (Phi) is 4.29. The van der Waals surface area contributed by atoms with Gasteiger partial charge < -0.3 is 4.74 Å². The van der Waals surface area contributed by atoms with Crippen LogP contribution in [0.15, 0.2) is 23.0 Å². The Morgan fingerprint density at radius 3 is 2.95 bits per heavy atom. The van der Waals surface area contributed by atoms with Crippen LogP contribution in [0.3, 0.4) is 0 Å². The monoisotopic (exact) mass is 302 g/mol. The Labute approximate surface area is 129 Å². The van der Waals surface area contributed by atoms with E-state index in [1.54, 1.807) is 7.05 Å². The van der Waals surface area contributed by atoms with Crippen molar-refractivity contribution >= 4 is 0 Å². The molecule has 1 aromatic carbocycles. The zero-order chi connectivity index (χ0) is 15.5. The van der Waals surface area contributed by atoms with Gasteiger partial charge in [0.05, 0.1) is 13.2 Å². The first-order valence-electron chi connectivity index (χ1n) is 7.75. The quantitative estimate of drug-likeness (QED) is 0.908. The van der Waals surface area contributed by atoms with Crippen LogP contribution < -0.4 is 10.4 Å². The number of H-pyrrole nitrogens is 1. The topological polar surface area (TPSA) is 63.1 Å². The number of fused-ring (bicyclic) bond motifs is 1. The number of rotatable bonds is 5. The highest BCUT2D eigenvalue weighted by molar-refractivity contribution is 5.37. The molecule has 6 nitrogen and oxygen atoms in total. The van der Waals surface area contributed by atoms with Gasteiger partial charge in [-0.1, -0.05) is 13.0 Å². The van der Waals surface area contributed by atoms with Gasteiger partial charge in [-0.25, -0.2) is 9.48 Å². The number of nitrogens with one attached hydrogen (secondary N) is 1. The van der Waals surface area contributed by atoms with E-state index >= 15 is 0 Å². The van der Waals surface area contributed by atoms with Gasteiger partial charge in [-0.2, -0.15) is 5.10 Å². The summed E-state index contributed by atoms with van der Waals surface area (Å²) in [5, 5.41) is 4.20. The molecule has 0 bridgehead atoms. The van der Waals surface area contributed by atoms with Crippen LogP contribution in [0.2, 0.25) is 0 Å². The fourth-order valence-electron chi connectivity index (χ4n) is 2.77. The van der Waals surface area contributed by atoms with Gasteiger partial charge in [0, 0.05) is 20.1 Å². The Morgan fingerprint density at radius 2 is 2.23 bits per heavy atom. The molecule has 0 saturated heterocycles. The van der Waals surface area contributed by atoms with Crippen LogP contribution in [0.25, 0.3) is 0 Å². The number of hydrogen-bond donors (Lipinski definition) is 1. The minimum atomic E-state index is -0.162. The van der Waals surface area contributed by atoms with Crippen molar-refractivity contribution in [2.24, 2.45) is 7.05 Å². The predicted octanol–water partition coefficient (Wildman–Crippen LogP) is 1.46. The van der Waals surface area contributed by atoms with E-state index in [1.165, 1.54) is 15.8 Å². The minimum absolute atomic E-state index is 0.162. The average molecular weight is 302 g/mol. The lowest BCUT2D eigenvalue weighted by Gasteiger charge is -2.28. The zero-order valence-corrected chi connectivity index (χ0v) is 13.1. The number of aromatic nitrogens is 3. The van der Waals surface area contributed by atoms with E-state index in [-0.39, 0.29) is 5.69 Å². The van der Waals surface area contributed by atoms with Crippen molar-refractivity contribution in [1.82, 2.24) is 19.7 Å². The fraction of sp³-hybridized carbons (Fsp3) is 0.500. The number of nitrogens with zero attached hydrogens (tertiary/aromatic N) is 3. The number of hydrogen-bond acceptors (Lipinski definition) is 4. The Hall–Kier alpha value is -2.08. The maximum atomic E-state index is 11.4. The highest BCUT2D eigenvalue weighted by atomic mass is 16.5. The second-order valence-electron chi connectivity index (χ2n) is 5.74. The van der Waals surface area contributed by atoms with Gasteiger partial charge in [0.15, 0.2) is 0 Å². The first kappa shape index (κ1) is 14.8. The van der Waals surface area contributed by atoms with E-state index in [2.05, 4.69) is 34.0 Å². The van der Waals surface area contributed by atoms with Crippen LogP contribution in [0.1, 0.15) is 30.3 Å². The molecule has 0 spiro atoms. The molecule has 2 heterocycles. The zero-order valence-electron chi connectivity index (χ0n) is 13.1. The highest BCUT2D eigenvalue weighted by Gasteiger charge is 2.18. The van der Waals surface area contributed by atoms with Gasteiger partial charge >= 0.3 is 5.69 Å². The van der Waals surface area contributed by atoms with Crippen molar-refractivity contribution in [3.05, 3.63) is 45.6 Å². The molecule has 1 aromatic heterocycles. The summed E-state index contributed by atoms with van der Waals surface area (Å²) in [4.78, 5) is 16.5. The molecule has 118 valence electrons. The van der Waals surface area contributed by atoms with Gasteiger partial charge in [-0.05, 0) is 36.1 Å². The molecule has 1 aliphatic heterocycles. The van der Waals surface area contributed by atoms with Gasteiger partial charge in [0.25, 0.3) is 0 Å². The molecule has 22 heavy (non-hydrogen) atoms. The standard InChI is InChI=1S/C16H22N4O2/c1-3-8-22-14-5-4-13-10-20(7-6-12(13)9-14)11-15-17-16(21)19(2)18-15/h4-5,9H,3,6-8,10-11H2,1-2H3,(H,17,18,21). The van der Waals surface area contributed by atoms with Crippen LogP contribution in [0, 0.1) is 0 Å². The fourth-order valence-corrected chi connectivity index (χ4v) is 2.77. The Balaban J connectivity index is 1.67. The molecule has 0 unspecified atom stereocenters. The molecule has 1 aliphatic rings. The molecule has 6 heteroatoms. The van der Waals surface area contributed by atoms with E-state index in [0.717, 1.165) is 44.1 Å². The van der Waals surface area contributed by atoms with Crippen molar-refractivity contribution in [2.75, 3.05) is 13.2 Å². The summed E-state index contributed by atoms with van der Waals surface area (Å²) in [6.07, 6.45) is 2.02. The van der Waals surface area contributed by atoms with Crippen molar-refractivity contribution in [1.29, 1.82) is 0 Å². The molecule has 0 saturated carbocycles. The van der Waals surface area contributed by atoms with Crippen molar-refractivity contribution in [3.8, 4) is 5.75 Å². The third-order valence-corrected chi connectivity index (χ3v) is 3.93. The highest BCUT2D eigenvalue weighted by Crippen LogP contribution is 2.24. The molecule has 1 N–H and O–H groups in total. The van der Waals surface area contributed by atoms with Gasteiger partial charge in [0.1, 0.15) is 11.6 Å². The normalized spacial score (nSPS) is 14.8. The van der Waals surface area contributed by atoms with Gasteiger partial charge in [-0.3, -0.25) is 9.88 Å². The maximum Gasteiger partial charge on any atom is 0.343 e. The Morgan fingerprint density at radius 1 is 1.36 bits per heavy atom. The summed E-state index contributed by atoms with van der Waals surface area (Å²) < 4.78 is 7.03. The number of aromatic amines is 1. The molecule has 0 atom stereocenters. The van der Waals surface area contributed by atoms with Crippen LogP contribution >= 0.6 is 0 Å². The summed E-state index contributed by atoms with van der Waals surface area (Å²) >= 11 is 0. The number of ether oxygens (including phenoxy) is 1. The molecular weight excluding hydrogens is 280 g/mol.